The maximum Gasteiger partial charge on any atom is 0.373 e. The van der Waals surface area contributed by atoms with E-state index >= 15 is 0 Å². The number of hydrogen-bond acceptors (Lipinski definition) is 3. The van der Waals surface area contributed by atoms with Crippen LogP contribution in [0.2, 0.25) is 0 Å². The maximum absolute atomic E-state index is 12.0. The molecule has 1 aromatic rings. The van der Waals surface area contributed by atoms with Crippen molar-refractivity contribution in [1.29, 1.82) is 0 Å². The first kappa shape index (κ1) is 22.7. The number of carbonyl (C=O) groups excluding carboxylic acids is 1. The van der Waals surface area contributed by atoms with Crippen molar-refractivity contribution < 1.29 is 14.6 Å². The Hall–Kier alpha value is -1.35. The molecule has 0 saturated carbocycles. The van der Waals surface area contributed by atoms with Gasteiger partial charge >= 0.3 is 5.97 Å². The molecule has 26 heavy (non-hydrogen) atoms. The third-order valence-electron chi connectivity index (χ3n) is 4.73. The van der Waals surface area contributed by atoms with Gasteiger partial charge in [0, 0.05) is 0 Å². The van der Waals surface area contributed by atoms with E-state index in [1.54, 1.807) is 0 Å². The quantitative estimate of drug-likeness (QED) is 0.193. The molecule has 1 radical (unpaired) electrons. The van der Waals surface area contributed by atoms with Crippen LogP contribution in [0.1, 0.15) is 98.5 Å². The van der Waals surface area contributed by atoms with Crippen LogP contribution in [0.25, 0.3) is 0 Å². The van der Waals surface area contributed by atoms with Crippen molar-refractivity contribution in [2.24, 2.45) is 0 Å². The normalized spacial score (nSPS) is 10.9. The number of aryl methyl sites for hydroxylation is 2. The third kappa shape index (κ3) is 10.6. The molecule has 1 rings (SSSR count). The second kappa shape index (κ2) is 14.8. The first-order valence-electron chi connectivity index (χ1n) is 10.4. The molecule has 0 N–H and O–H groups in total. The number of hydrogen-bond donors (Lipinski definition) is 0. The van der Waals surface area contributed by atoms with Gasteiger partial charge in [0.05, 0.1) is 12.2 Å². The lowest BCUT2D eigenvalue weighted by atomic mass is 10.1. The molecule has 0 unspecified atom stereocenters. The molecule has 0 bridgehead atoms. The van der Waals surface area contributed by atoms with Gasteiger partial charge in [0.2, 0.25) is 0 Å². The summed E-state index contributed by atoms with van der Waals surface area (Å²) < 4.78 is 0. The SMILES string of the molecule is [CH2]CCCCCCCCCCCCCOOC(=O)c1cc(C)ccc1C. The average molecular weight is 362 g/mol. The molecule has 3 heteroatoms. The summed E-state index contributed by atoms with van der Waals surface area (Å²) in [6.07, 6.45) is 15.1. The molecule has 147 valence electrons. The molecule has 0 aromatic heterocycles. The summed E-state index contributed by atoms with van der Waals surface area (Å²) in [6, 6.07) is 5.74. The summed E-state index contributed by atoms with van der Waals surface area (Å²) >= 11 is 0. The summed E-state index contributed by atoms with van der Waals surface area (Å²) in [5.74, 6) is -0.401. The smallest absolute Gasteiger partial charge is 0.293 e. The molecule has 0 atom stereocenters. The van der Waals surface area contributed by atoms with Gasteiger partial charge in [0.25, 0.3) is 0 Å². The van der Waals surface area contributed by atoms with Gasteiger partial charge in [0.1, 0.15) is 0 Å². The number of unbranched alkanes of at least 4 members (excludes halogenated alkanes) is 11. The van der Waals surface area contributed by atoms with Crippen LogP contribution in [0, 0.1) is 20.8 Å². The van der Waals surface area contributed by atoms with Crippen LogP contribution in [0.3, 0.4) is 0 Å². The highest BCUT2D eigenvalue weighted by Crippen LogP contribution is 2.13. The molecule has 0 aliphatic rings. The fourth-order valence-electron chi connectivity index (χ4n) is 3.02. The van der Waals surface area contributed by atoms with E-state index in [4.69, 9.17) is 9.78 Å². The topological polar surface area (TPSA) is 35.5 Å². The summed E-state index contributed by atoms with van der Waals surface area (Å²) in [7, 11) is 0. The predicted molar refractivity (Wildman–Crippen MR) is 108 cm³/mol. The van der Waals surface area contributed by atoms with Gasteiger partial charge < -0.3 is 0 Å². The van der Waals surface area contributed by atoms with Crippen molar-refractivity contribution in [3.05, 3.63) is 41.8 Å². The lowest BCUT2D eigenvalue weighted by Crippen LogP contribution is -2.09. The number of rotatable bonds is 15. The standard InChI is InChI=1S/C23H37O3/c1-4-5-6-7-8-9-10-11-12-13-14-15-18-25-26-23(24)22-19-20(2)16-17-21(22)3/h16-17,19H,1,4-15,18H2,2-3H3. The largest absolute Gasteiger partial charge is 0.373 e. The van der Waals surface area contributed by atoms with E-state index in [0.29, 0.717) is 12.2 Å². The highest BCUT2D eigenvalue weighted by Gasteiger charge is 2.11. The van der Waals surface area contributed by atoms with Gasteiger partial charge in [-0.1, -0.05) is 95.2 Å². The van der Waals surface area contributed by atoms with Crippen molar-refractivity contribution in [3.63, 3.8) is 0 Å². The van der Waals surface area contributed by atoms with E-state index in [2.05, 4.69) is 6.92 Å². The Kier molecular flexibility index (Phi) is 12.9. The van der Waals surface area contributed by atoms with Crippen molar-refractivity contribution in [2.45, 2.75) is 90.9 Å². The van der Waals surface area contributed by atoms with Gasteiger partial charge in [-0.05, 0) is 31.9 Å². The first-order chi connectivity index (χ1) is 12.6. The fourth-order valence-corrected chi connectivity index (χ4v) is 3.02. The van der Waals surface area contributed by atoms with E-state index < -0.39 is 5.97 Å². The molecule has 0 spiro atoms. The number of benzene rings is 1. The summed E-state index contributed by atoms with van der Waals surface area (Å²) in [4.78, 5) is 22.0. The van der Waals surface area contributed by atoms with Gasteiger partial charge in [-0.2, -0.15) is 4.89 Å². The lowest BCUT2D eigenvalue weighted by molar-refractivity contribution is -0.241. The Labute approximate surface area is 160 Å². The van der Waals surface area contributed by atoms with Crippen molar-refractivity contribution in [3.8, 4) is 0 Å². The molecule has 0 amide bonds. The summed E-state index contributed by atoms with van der Waals surface area (Å²) in [5, 5.41) is 0. The van der Waals surface area contributed by atoms with Crippen molar-refractivity contribution in [2.75, 3.05) is 6.61 Å². The van der Waals surface area contributed by atoms with E-state index in [1.165, 1.54) is 57.8 Å². The molecule has 1 aromatic carbocycles. The van der Waals surface area contributed by atoms with E-state index in [9.17, 15) is 4.79 Å². The second-order valence-electron chi connectivity index (χ2n) is 7.25. The minimum atomic E-state index is -0.401. The summed E-state index contributed by atoms with van der Waals surface area (Å²) in [5.41, 5.74) is 2.53. The minimum absolute atomic E-state index is 0.401. The molecule has 0 saturated heterocycles. The second-order valence-corrected chi connectivity index (χ2v) is 7.25. The highest BCUT2D eigenvalue weighted by atomic mass is 17.2. The lowest BCUT2D eigenvalue weighted by Gasteiger charge is -2.07. The zero-order chi connectivity index (χ0) is 19.0. The van der Waals surface area contributed by atoms with Crippen LogP contribution in [0.4, 0.5) is 0 Å². The van der Waals surface area contributed by atoms with Gasteiger partial charge in [-0.3, -0.25) is 4.89 Å². The molecule has 0 aliphatic heterocycles. The molecule has 0 aliphatic carbocycles. The monoisotopic (exact) mass is 361 g/mol. The summed E-state index contributed by atoms with van der Waals surface area (Å²) in [6.45, 7) is 8.21. The third-order valence-corrected chi connectivity index (χ3v) is 4.73. The first-order valence-corrected chi connectivity index (χ1v) is 10.4. The van der Waals surface area contributed by atoms with E-state index in [1.807, 2.05) is 32.0 Å². The average Bonchev–Trinajstić information content (AvgIpc) is 2.63. The molecule has 0 heterocycles. The maximum atomic E-state index is 12.0. The van der Waals surface area contributed by atoms with Crippen LogP contribution >= 0.6 is 0 Å². The number of carbonyl (C=O) groups is 1. The fraction of sp³-hybridized carbons (Fsp3) is 0.652. The minimum Gasteiger partial charge on any atom is -0.293 e. The van der Waals surface area contributed by atoms with Crippen LogP contribution < -0.4 is 0 Å². The van der Waals surface area contributed by atoms with Gasteiger partial charge in [-0.15, -0.1) is 0 Å². The Morgan fingerprint density at radius 3 is 1.96 bits per heavy atom. The predicted octanol–water partition coefficient (Wildman–Crippen LogP) is 6.91. The van der Waals surface area contributed by atoms with Crippen LogP contribution in [-0.4, -0.2) is 12.6 Å². The van der Waals surface area contributed by atoms with Crippen LogP contribution in [0.5, 0.6) is 0 Å². The molecular formula is C23H37O3. The highest BCUT2D eigenvalue weighted by molar-refractivity contribution is 5.90. The molecular weight excluding hydrogens is 324 g/mol. The Balaban J connectivity index is 1.92. The van der Waals surface area contributed by atoms with Crippen LogP contribution in [-0.2, 0) is 9.78 Å². The Bertz CT molecular complexity index is 496. The zero-order valence-corrected chi connectivity index (χ0v) is 16.9. The van der Waals surface area contributed by atoms with E-state index in [-0.39, 0.29) is 0 Å². The van der Waals surface area contributed by atoms with Crippen molar-refractivity contribution in [1.82, 2.24) is 0 Å². The van der Waals surface area contributed by atoms with Crippen molar-refractivity contribution >= 4 is 5.97 Å². The van der Waals surface area contributed by atoms with E-state index in [0.717, 1.165) is 30.4 Å². The Morgan fingerprint density at radius 1 is 0.846 bits per heavy atom. The Morgan fingerprint density at radius 2 is 1.38 bits per heavy atom. The van der Waals surface area contributed by atoms with Gasteiger partial charge in [0.15, 0.2) is 0 Å². The molecule has 3 nitrogen and oxygen atoms in total. The van der Waals surface area contributed by atoms with Gasteiger partial charge in [-0.25, -0.2) is 4.79 Å². The van der Waals surface area contributed by atoms with Crippen LogP contribution in [0.15, 0.2) is 18.2 Å². The molecule has 0 fully saturated rings. The zero-order valence-electron chi connectivity index (χ0n) is 16.9.